The number of anilines is 2. The van der Waals surface area contributed by atoms with Gasteiger partial charge in [-0.2, -0.15) is 0 Å². The van der Waals surface area contributed by atoms with Crippen LogP contribution in [0.5, 0.6) is 5.75 Å². The van der Waals surface area contributed by atoms with Crippen molar-refractivity contribution < 1.29 is 13.8 Å². The van der Waals surface area contributed by atoms with E-state index in [0.29, 0.717) is 11.4 Å². The Morgan fingerprint density at radius 1 is 0.913 bits per heavy atom. The number of aromatic nitrogens is 2. The van der Waals surface area contributed by atoms with Crippen LogP contribution in [0, 0.1) is 13.8 Å². The highest BCUT2D eigenvalue weighted by molar-refractivity contribution is 5.58. The van der Waals surface area contributed by atoms with Gasteiger partial charge in [0.05, 0.1) is 29.6 Å². The summed E-state index contributed by atoms with van der Waals surface area (Å²) in [5.41, 5.74) is 15.9. The SMILES string of the molecule is COc1ccc(C(c2c(C)noc2N)c2c(C)noc2N)cc1. The summed E-state index contributed by atoms with van der Waals surface area (Å²) in [5, 5.41) is 7.90. The maximum Gasteiger partial charge on any atom is 0.226 e. The molecule has 4 N–H and O–H groups in total. The number of aryl methyl sites for hydroxylation is 2. The summed E-state index contributed by atoms with van der Waals surface area (Å²) in [6.07, 6.45) is 0. The normalized spacial score (nSPS) is 11.1. The van der Waals surface area contributed by atoms with E-state index in [0.717, 1.165) is 22.4 Å². The molecule has 0 atom stereocenters. The Balaban J connectivity index is 2.22. The minimum Gasteiger partial charge on any atom is -0.497 e. The van der Waals surface area contributed by atoms with Crippen LogP contribution in [-0.2, 0) is 0 Å². The molecule has 0 unspecified atom stereocenters. The van der Waals surface area contributed by atoms with Crippen molar-refractivity contribution in [3.05, 3.63) is 52.3 Å². The molecule has 2 aromatic heterocycles. The molecule has 0 saturated heterocycles. The Morgan fingerprint density at radius 3 is 1.74 bits per heavy atom. The van der Waals surface area contributed by atoms with E-state index in [4.69, 9.17) is 25.3 Å². The van der Waals surface area contributed by atoms with Crippen LogP contribution in [0.15, 0.2) is 33.3 Å². The average Bonchev–Trinajstić information content (AvgIpc) is 3.05. The van der Waals surface area contributed by atoms with E-state index in [-0.39, 0.29) is 17.7 Å². The number of benzene rings is 1. The van der Waals surface area contributed by atoms with Gasteiger partial charge in [-0.05, 0) is 31.5 Å². The average molecular weight is 314 g/mol. The lowest BCUT2D eigenvalue weighted by molar-refractivity contribution is 0.414. The van der Waals surface area contributed by atoms with Gasteiger partial charge in [-0.25, -0.2) is 0 Å². The molecule has 0 fully saturated rings. The van der Waals surface area contributed by atoms with Gasteiger partial charge in [-0.1, -0.05) is 22.4 Å². The molecule has 0 aliphatic carbocycles. The van der Waals surface area contributed by atoms with Crippen LogP contribution in [0.4, 0.5) is 11.8 Å². The minimum absolute atomic E-state index is 0.253. The van der Waals surface area contributed by atoms with E-state index >= 15 is 0 Å². The summed E-state index contributed by atoms with van der Waals surface area (Å²) in [6.45, 7) is 3.68. The predicted octanol–water partition coefficient (Wildman–Crippen LogP) is 2.63. The minimum atomic E-state index is -0.279. The highest BCUT2D eigenvalue weighted by Crippen LogP contribution is 2.41. The maximum atomic E-state index is 6.00. The van der Waals surface area contributed by atoms with E-state index < -0.39 is 0 Å². The van der Waals surface area contributed by atoms with Crippen LogP contribution >= 0.6 is 0 Å². The van der Waals surface area contributed by atoms with Crippen molar-refractivity contribution in [1.82, 2.24) is 10.3 Å². The second-order valence-electron chi connectivity index (χ2n) is 5.30. The molecule has 7 nitrogen and oxygen atoms in total. The first-order valence-electron chi connectivity index (χ1n) is 7.10. The molecule has 2 heterocycles. The monoisotopic (exact) mass is 314 g/mol. The van der Waals surface area contributed by atoms with Crippen LogP contribution < -0.4 is 16.2 Å². The molecule has 120 valence electrons. The predicted molar refractivity (Wildman–Crippen MR) is 85.2 cm³/mol. The molecule has 0 saturated carbocycles. The zero-order chi connectivity index (χ0) is 16.6. The Labute approximate surface area is 133 Å². The van der Waals surface area contributed by atoms with E-state index in [2.05, 4.69) is 10.3 Å². The molecule has 1 aromatic carbocycles. The highest BCUT2D eigenvalue weighted by atomic mass is 16.5. The van der Waals surface area contributed by atoms with Gasteiger partial charge in [0.15, 0.2) is 0 Å². The van der Waals surface area contributed by atoms with Gasteiger partial charge >= 0.3 is 0 Å². The summed E-state index contributed by atoms with van der Waals surface area (Å²) in [7, 11) is 1.62. The van der Waals surface area contributed by atoms with Gasteiger partial charge in [0.1, 0.15) is 5.75 Å². The standard InChI is InChI=1S/C16H18N4O3/c1-8-12(15(17)22-19-8)14(13-9(2)20-23-16(13)18)10-4-6-11(21-3)7-5-10/h4-7,14H,17-18H2,1-3H3. The van der Waals surface area contributed by atoms with Crippen LogP contribution in [0.3, 0.4) is 0 Å². The van der Waals surface area contributed by atoms with Crippen LogP contribution in [-0.4, -0.2) is 17.4 Å². The zero-order valence-electron chi connectivity index (χ0n) is 13.2. The second-order valence-corrected chi connectivity index (χ2v) is 5.30. The van der Waals surface area contributed by atoms with Gasteiger partial charge in [-0.3, -0.25) is 0 Å². The quantitative estimate of drug-likeness (QED) is 0.760. The first kappa shape index (κ1) is 15.0. The fourth-order valence-corrected chi connectivity index (χ4v) is 2.76. The third-order valence-electron chi connectivity index (χ3n) is 3.90. The Morgan fingerprint density at radius 2 is 1.39 bits per heavy atom. The molecular formula is C16H18N4O3. The van der Waals surface area contributed by atoms with Crippen molar-refractivity contribution >= 4 is 11.8 Å². The number of nitrogens with two attached hydrogens (primary N) is 2. The number of nitrogens with zero attached hydrogens (tertiary/aromatic N) is 2. The zero-order valence-corrected chi connectivity index (χ0v) is 13.2. The molecule has 0 bridgehead atoms. The van der Waals surface area contributed by atoms with E-state index in [1.54, 1.807) is 7.11 Å². The maximum absolute atomic E-state index is 6.00. The number of hydrogen-bond donors (Lipinski definition) is 2. The molecule has 3 rings (SSSR count). The summed E-state index contributed by atoms with van der Waals surface area (Å²) in [5.74, 6) is 0.988. The third kappa shape index (κ3) is 2.50. The van der Waals surface area contributed by atoms with Gasteiger partial charge in [0.2, 0.25) is 11.8 Å². The molecule has 0 spiro atoms. The molecule has 0 amide bonds. The van der Waals surface area contributed by atoms with E-state index in [9.17, 15) is 0 Å². The molecule has 0 aliphatic rings. The summed E-state index contributed by atoms with van der Waals surface area (Å²) >= 11 is 0. The van der Waals surface area contributed by atoms with Crippen LogP contribution in [0.1, 0.15) is 34.0 Å². The van der Waals surface area contributed by atoms with Crippen molar-refractivity contribution in [2.24, 2.45) is 0 Å². The van der Waals surface area contributed by atoms with Crippen molar-refractivity contribution in [3.63, 3.8) is 0 Å². The second kappa shape index (κ2) is 5.68. The Hall–Kier alpha value is -2.96. The lowest BCUT2D eigenvalue weighted by atomic mass is 9.84. The van der Waals surface area contributed by atoms with Gasteiger partial charge in [0.25, 0.3) is 0 Å². The lowest BCUT2D eigenvalue weighted by Crippen LogP contribution is -2.09. The van der Waals surface area contributed by atoms with E-state index in [1.165, 1.54) is 0 Å². The topological polar surface area (TPSA) is 113 Å². The first-order valence-corrected chi connectivity index (χ1v) is 7.10. The largest absolute Gasteiger partial charge is 0.497 e. The third-order valence-corrected chi connectivity index (χ3v) is 3.90. The fraction of sp³-hybridized carbons (Fsp3) is 0.250. The number of rotatable bonds is 4. The number of ether oxygens (including phenoxy) is 1. The van der Waals surface area contributed by atoms with Crippen molar-refractivity contribution in [1.29, 1.82) is 0 Å². The molecule has 23 heavy (non-hydrogen) atoms. The first-order chi connectivity index (χ1) is 11.0. The number of nitrogen functional groups attached to an aromatic ring is 2. The molecule has 7 heteroatoms. The molecule has 3 aromatic rings. The van der Waals surface area contributed by atoms with Crippen LogP contribution in [0.25, 0.3) is 0 Å². The number of methoxy groups -OCH3 is 1. The van der Waals surface area contributed by atoms with Gasteiger partial charge < -0.3 is 25.3 Å². The smallest absolute Gasteiger partial charge is 0.226 e. The molecular weight excluding hydrogens is 296 g/mol. The molecule has 0 aliphatic heterocycles. The van der Waals surface area contributed by atoms with Gasteiger partial charge in [0, 0.05) is 5.92 Å². The Kier molecular flexibility index (Phi) is 3.69. The summed E-state index contributed by atoms with van der Waals surface area (Å²) < 4.78 is 15.5. The molecule has 0 radical (unpaired) electrons. The van der Waals surface area contributed by atoms with Crippen LogP contribution in [0.2, 0.25) is 0 Å². The highest BCUT2D eigenvalue weighted by Gasteiger charge is 2.30. The van der Waals surface area contributed by atoms with Gasteiger partial charge in [-0.15, -0.1) is 0 Å². The Bertz CT molecular complexity index is 735. The number of hydrogen-bond acceptors (Lipinski definition) is 7. The lowest BCUT2D eigenvalue weighted by Gasteiger charge is -2.17. The summed E-state index contributed by atoms with van der Waals surface area (Å²) in [6, 6.07) is 7.64. The van der Waals surface area contributed by atoms with Crippen molar-refractivity contribution in [2.45, 2.75) is 19.8 Å². The van der Waals surface area contributed by atoms with Crippen molar-refractivity contribution in [3.8, 4) is 5.75 Å². The van der Waals surface area contributed by atoms with E-state index in [1.807, 2.05) is 38.1 Å². The summed E-state index contributed by atoms with van der Waals surface area (Å²) in [4.78, 5) is 0. The van der Waals surface area contributed by atoms with Crippen molar-refractivity contribution in [2.75, 3.05) is 18.6 Å². The fourth-order valence-electron chi connectivity index (χ4n) is 2.76.